The number of hydrogen-bond acceptors (Lipinski definition) is 3. The van der Waals surface area contributed by atoms with Gasteiger partial charge < -0.3 is 4.90 Å². The Balaban J connectivity index is 1.98. The summed E-state index contributed by atoms with van der Waals surface area (Å²) in [6, 6.07) is 5.60. The molecule has 1 atom stereocenters. The lowest BCUT2D eigenvalue weighted by Gasteiger charge is -2.39. The summed E-state index contributed by atoms with van der Waals surface area (Å²) in [4.78, 5) is 37.6. The molecule has 0 aromatic heterocycles. The van der Waals surface area contributed by atoms with Crippen molar-refractivity contribution < 1.29 is 14.4 Å². The van der Waals surface area contributed by atoms with Gasteiger partial charge in [0.05, 0.1) is 0 Å². The van der Waals surface area contributed by atoms with Crippen LogP contribution in [0.5, 0.6) is 0 Å². The van der Waals surface area contributed by atoms with Crippen LogP contribution < -0.4 is 5.32 Å². The third-order valence-corrected chi connectivity index (χ3v) is 4.38. The van der Waals surface area contributed by atoms with Gasteiger partial charge in [-0.15, -0.1) is 0 Å². The highest BCUT2D eigenvalue weighted by Crippen LogP contribution is 2.35. The first kappa shape index (κ1) is 12.8. The highest BCUT2D eigenvalue weighted by Gasteiger charge is 2.48. The van der Waals surface area contributed by atoms with Crippen molar-refractivity contribution in [2.75, 3.05) is 0 Å². The van der Waals surface area contributed by atoms with Gasteiger partial charge in [-0.25, -0.2) is 0 Å². The van der Waals surface area contributed by atoms with Crippen LogP contribution in [0.1, 0.15) is 41.3 Å². The molecule has 1 N–H and O–H groups in total. The number of imide groups is 1. The quantitative estimate of drug-likeness (QED) is 0.780. The summed E-state index contributed by atoms with van der Waals surface area (Å²) >= 11 is 0. The second kappa shape index (κ2) is 4.16. The Morgan fingerprint density at radius 2 is 2.00 bits per heavy atom. The zero-order valence-electron chi connectivity index (χ0n) is 11.5. The van der Waals surface area contributed by atoms with Gasteiger partial charge in [-0.2, -0.15) is 0 Å². The Bertz CT molecular complexity index is 638. The van der Waals surface area contributed by atoms with E-state index in [0.29, 0.717) is 18.5 Å². The van der Waals surface area contributed by atoms with E-state index in [-0.39, 0.29) is 24.1 Å². The standard InChI is InChI=1S/C15H16N2O3/c1-9-4-3-5-10-11(9)8-17(13(10)19)15(2)7-6-12(18)16-14(15)20/h3-5H,6-8H2,1-2H3,(H,16,18,20)/t15-/m1/s1. The van der Waals surface area contributed by atoms with E-state index in [2.05, 4.69) is 5.32 Å². The van der Waals surface area contributed by atoms with Crippen molar-refractivity contribution in [2.24, 2.45) is 0 Å². The first-order valence-electron chi connectivity index (χ1n) is 6.68. The molecule has 0 saturated carbocycles. The van der Waals surface area contributed by atoms with Gasteiger partial charge in [0, 0.05) is 18.5 Å². The second-order valence-corrected chi connectivity index (χ2v) is 5.64. The molecule has 5 nitrogen and oxygen atoms in total. The topological polar surface area (TPSA) is 66.5 Å². The molecule has 0 radical (unpaired) electrons. The fourth-order valence-corrected chi connectivity index (χ4v) is 2.94. The molecular formula is C15H16N2O3. The van der Waals surface area contributed by atoms with Crippen LogP contribution in [-0.2, 0) is 16.1 Å². The first-order valence-corrected chi connectivity index (χ1v) is 6.68. The molecule has 2 heterocycles. The maximum Gasteiger partial charge on any atom is 0.255 e. The van der Waals surface area contributed by atoms with Crippen molar-refractivity contribution in [1.82, 2.24) is 10.2 Å². The lowest BCUT2D eigenvalue weighted by molar-refractivity contribution is -0.142. The number of nitrogens with one attached hydrogen (secondary N) is 1. The molecule has 20 heavy (non-hydrogen) atoms. The number of rotatable bonds is 1. The SMILES string of the molecule is Cc1cccc2c1CN([C@]1(C)CCC(=O)NC1=O)C2=O. The van der Waals surface area contributed by atoms with Gasteiger partial charge in [-0.05, 0) is 37.5 Å². The monoisotopic (exact) mass is 272 g/mol. The summed E-state index contributed by atoms with van der Waals surface area (Å²) in [6.07, 6.45) is 0.637. The minimum absolute atomic E-state index is 0.129. The molecule has 0 aliphatic carbocycles. The highest BCUT2D eigenvalue weighted by atomic mass is 16.2. The summed E-state index contributed by atoms with van der Waals surface area (Å²) in [7, 11) is 0. The number of carbonyl (C=O) groups is 3. The molecule has 2 aliphatic heterocycles. The summed E-state index contributed by atoms with van der Waals surface area (Å²) in [6.45, 7) is 4.12. The number of amides is 3. The maximum absolute atomic E-state index is 12.5. The predicted octanol–water partition coefficient (Wildman–Crippen LogP) is 1.15. The van der Waals surface area contributed by atoms with Crippen LogP contribution in [0.4, 0.5) is 0 Å². The largest absolute Gasteiger partial charge is 0.320 e. The fraction of sp³-hybridized carbons (Fsp3) is 0.400. The molecule has 3 amide bonds. The number of benzene rings is 1. The van der Waals surface area contributed by atoms with Crippen LogP contribution >= 0.6 is 0 Å². The van der Waals surface area contributed by atoms with E-state index in [1.807, 2.05) is 19.1 Å². The fourth-order valence-electron chi connectivity index (χ4n) is 2.94. The molecule has 0 spiro atoms. The van der Waals surface area contributed by atoms with E-state index in [0.717, 1.165) is 11.1 Å². The van der Waals surface area contributed by atoms with Crippen molar-refractivity contribution in [3.63, 3.8) is 0 Å². The molecule has 104 valence electrons. The Labute approximate surface area is 116 Å². The normalized spacial score (nSPS) is 25.7. The molecule has 0 unspecified atom stereocenters. The van der Waals surface area contributed by atoms with Gasteiger partial charge >= 0.3 is 0 Å². The molecular weight excluding hydrogens is 256 g/mol. The van der Waals surface area contributed by atoms with E-state index in [1.54, 1.807) is 17.9 Å². The van der Waals surface area contributed by atoms with Gasteiger partial charge in [0.15, 0.2) is 0 Å². The van der Waals surface area contributed by atoms with E-state index >= 15 is 0 Å². The van der Waals surface area contributed by atoms with Gasteiger partial charge in [0.1, 0.15) is 5.54 Å². The molecule has 3 rings (SSSR count). The minimum Gasteiger partial charge on any atom is -0.320 e. The molecule has 5 heteroatoms. The Morgan fingerprint density at radius 3 is 2.65 bits per heavy atom. The maximum atomic E-state index is 12.5. The number of nitrogens with zero attached hydrogens (tertiary/aromatic N) is 1. The van der Waals surface area contributed by atoms with Gasteiger partial charge in [-0.1, -0.05) is 12.1 Å². The van der Waals surface area contributed by atoms with Crippen molar-refractivity contribution in [1.29, 1.82) is 0 Å². The minimum atomic E-state index is -0.948. The lowest BCUT2D eigenvalue weighted by Crippen LogP contribution is -2.61. The zero-order valence-corrected chi connectivity index (χ0v) is 11.5. The van der Waals surface area contributed by atoms with Crippen LogP contribution in [0.15, 0.2) is 18.2 Å². The average molecular weight is 272 g/mol. The van der Waals surface area contributed by atoms with E-state index in [9.17, 15) is 14.4 Å². The number of aryl methyl sites for hydroxylation is 1. The van der Waals surface area contributed by atoms with Crippen molar-refractivity contribution in [2.45, 2.75) is 38.8 Å². The average Bonchev–Trinajstić information content (AvgIpc) is 2.75. The third-order valence-electron chi connectivity index (χ3n) is 4.38. The molecule has 1 saturated heterocycles. The highest BCUT2D eigenvalue weighted by molar-refractivity contribution is 6.07. The second-order valence-electron chi connectivity index (χ2n) is 5.64. The Morgan fingerprint density at radius 1 is 1.25 bits per heavy atom. The zero-order chi connectivity index (χ0) is 14.5. The Hall–Kier alpha value is -2.17. The van der Waals surface area contributed by atoms with Gasteiger partial charge in [0.25, 0.3) is 11.8 Å². The van der Waals surface area contributed by atoms with Crippen LogP contribution in [-0.4, -0.2) is 28.2 Å². The smallest absolute Gasteiger partial charge is 0.255 e. The molecule has 0 bridgehead atoms. The number of piperidine rings is 1. The van der Waals surface area contributed by atoms with E-state index < -0.39 is 5.54 Å². The first-order chi connectivity index (χ1) is 9.43. The van der Waals surface area contributed by atoms with Crippen LogP contribution in [0.3, 0.4) is 0 Å². The van der Waals surface area contributed by atoms with Crippen molar-refractivity contribution >= 4 is 17.7 Å². The van der Waals surface area contributed by atoms with Crippen molar-refractivity contribution in [3.8, 4) is 0 Å². The van der Waals surface area contributed by atoms with Crippen LogP contribution in [0.2, 0.25) is 0 Å². The van der Waals surface area contributed by atoms with E-state index in [1.165, 1.54) is 0 Å². The van der Waals surface area contributed by atoms with Gasteiger partial charge in [-0.3, -0.25) is 19.7 Å². The Kier molecular flexibility index (Phi) is 2.67. The third kappa shape index (κ3) is 1.66. The van der Waals surface area contributed by atoms with Crippen LogP contribution in [0, 0.1) is 6.92 Å². The number of carbonyl (C=O) groups excluding carboxylic acids is 3. The lowest BCUT2D eigenvalue weighted by atomic mass is 9.89. The predicted molar refractivity (Wildman–Crippen MR) is 71.8 cm³/mol. The van der Waals surface area contributed by atoms with E-state index in [4.69, 9.17) is 0 Å². The van der Waals surface area contributed by atoms with Crippen LogP contribution in [0.25, 0.3) is 0 Å². The van der Waals surface area contributed by atoms with Gasteiger partial charge in [0.2, 0.25) is 5.91 Å². The molecule has 1 fully saturated rings. The molecule has 2 aliphatic rings. The number of hydrogen-bond donors (Lipinski definition) is 1. The summed E-state index contributed by atoms with van der Waals surface area (Å²) in [5.74, 6) is -0.781. The molecule has 1 aromatic carbocycles. The summed E-state index contributed by atoms with van der Waals surface area (Å²) < 4.78 is 0. The summed E-state index contributed by atoms with van der Waals surface area (Å²) in [5, 5.41) is 2.34. The summed E-state index contributed by atoms with van der Waals surface area (Å²) in [5.41, 5.74) is 1.74. The molecule has 1 aromatic rings. The van der Waals surface area contributed by atoms with Crippen molar-refractivity contribution in [3.05, 3.63) is 34.9 Å². The number of fused-ring (bicyclic) bond motifs is 1.